The van der Waals surface area contributed by atoms with Crippen LogP contribution < -0.4 is 31.9 Å². The fourth-order valence-electron chi connectivity index (χ4n) is 14.2. The Bertz CT molecular complexity index is 7570. The number of nitrogens with two attached hydrogens (primary N) is 1. The molecule has 0 aliphatic carbocycles. The maximum atomic E-state index is 13.0. The molecule has 2 atom stereocenters. The molecule has 16 aromatic rings. The average Bonchev–Trinajstić information content (AvgIpc) is 1.64. The molecule has 0 saturated carbocycles. The number of nitrogens with zero attached hydrogens (tertiary/aromatic N) is 9. The van der Waals surface area contributed by atoms with Gasteiger partial charge in [0, 0.05) is 109 Å². The van der Waals surface area contributed by atoms with Crippen molar-refractivity contribution in [2.24, 2.45) is 5.73 Å². The third-order valence-corrected chi connectivity index (χ3v) is 31.0. The van der Waals surface area contributed by atoms with Crippen LogP contribution in [0.5, 0.6) is 0 Å². The maximum absolute atomic E-state index is 13.0. The molecule has 9 heterocycles. The van der Waals surface area contributed by atoms with Crippen LogP contribution in [0.4, 0.5) is 11.4 Å². The lowest BCUT2D eigenvalue weighted by Gasteiger charge is -2.28. The second kappa shape index (κ2) is 41.5. The summed E-state index contributed by atoms with van der Waals surface area (Å²) < 4.78 is 104. The zero-order chi connectivity index (χ0) is 96.2. The molecule has 5 amide bonds. The van der Waals surface area contributed by atoms with Crippen molar-refractivity contribution in [2.45, 2.75) is 122 Å². The molecule has 1 aliphatic heterocycles. The number of carbonyl (C=O) groups is 5. The van der Waals surface area contributed by atoms with Gasteiger partial charge in [0.15, 0.2) is 61.9 Å². The first-order chi connectivity index (χ1) is 64.5. The summed E-state index contributed by atoms with van der Waals surface area (Å²) in [5.41, 5.74) is 19.6. The van der Waals surface area contributed by atoms with Gasteiger partial charge in [-0.15, -0.1) is 0 Å². The Kier molecular flexibility index (Phi) is 29.6. The average molecular weight is 1920 g/mol. The number of hydrogen-bond donors (Lipinski definition) is 10. The molecule has 0 bridgehead atoms. The van der Waals surface area contributed by atoms with Crippen LogP contribution in [0.25, 0.3) is 89.7 Å². The molecule has 720 valence electrons. The molecule has 0 radical (unpaired) electrons. The summed E-state index contributed by atoms with van der Waals surface area (Å²) in [6, 6.07) is 59.0. The van der Waals surface area contributed by atoms with Gasteiger partial charge >= 0.3 is 0 Å². The molecule has 8 aromatic carbocycles. The second-order valence-electron chi connectivity index (χ2n) is 32.7. The number of rotatable bonds is 26. The summed E-state index contributed by atoms with van der Waals surface area (Å²) in [5.74, 6) is -1.93. The van der Waals surface area contributed by atoms with Gasteiger partial charge < -0.3 is 61.7 Å². The van der Waals surface area contributed by atoms with E-state index in [1.807, 2.05) is 67.6 Å². The van der Waals surface area contributed by atoms with Crippen molar-refractivity contribution in [1.82, 2.24) is 75.8 Å². The van der Waals surface area contributed by atoms with E-state index in [0.29, 0.717) is 124 Å². The van der Waals surface area contributed by atoms with Crippen molar-refractivity contribution < 1.29 is 86.0 Å². The summed E-state index contributed by atoms with van der Waals surface area (Å²) in [5, 5.41) is 19.7. The molecule has 0 unspecified atom stereocenters. The number of amides is 5. The van der Waals surface area contributed by atoms with E-state index in [2.05, 4.69) is 98.1 Å². The maximum Gasteiger partial charge on any atom is 0.259 e. The number of morpholine rings is 1. The third-order valence-electron chi connectivity index (χ3n) is 22.4. The highest BCUT2D eigenvalue weighted by Gasteiger charge is 2.28. The number of carbonyl (C=O) groups excluding carboxylic acids is 5. The van der Waals surface area contributed by atoms with E-state index in [4.69, 9.17) is 10.5 Å². The van der Waals surface area contributed by atoms with E-state index < -0.39 is 78.3 Å². The highest BCUT2D eigenvalue weighted by atomic mass is 32.2. The summed E-state index contributed by atoms with van der Waals surface area (Å²) in [6.45, 7) is 18.7. The molecular weight excluding hydrogens is 1800 g/mol. The number of H-pyrrole nitrogens is 4. The number of hydrogen-bond acceptors (Lipinski definition) is 24. The Morgan fingerprint density at radius 1 is 0.415 bits per heavy atom. The summed E-state index contributed by atoms with van der Waals surface area (Å²) in [6.07, 6.45) is 11.7. The highest BCUT2D eigenvalue weighted by Crippen LogP contribution is 2.32. The predicted molar refractivity (Wildman–Crippen MR) is 544 cm³/mol. The number of aliphatic hydroxyl groups excluding tert-OH is 1. The Morgan fingerprint density at radius 3 is 1.11 bits per heavy atom. The first-order valence-corrected chi connectivity index (χ1v) is 49.2. The van der Waals surface area contributed by atoms with Crippen LogP contribution in [0, 0.1) is 0 Å². The topological polar surface area (TPSA) is 495 Å². The number of aromatic amines is 4. The Balaban J connectivity index is 0.000000960. The van der Waals surface area contributed by atoms with Gasteiger partial charge in [0.05, 0.1) is 136 Å². The number of nitrogens with one attached hydrogen (secondary N) is 8. The molecule has 17 rings (SSSR count). The standard InChI is InChI=1S/C27H29N5O4S.C24H24N4O4S.C24H24N4O3S.C23H21N5O4S.13H2/c1-18(2)37(34,35)22-9-5-20(6-10-22)24-17-29-26-25(31-24)23(16-28-26)27(33)30-15-19-3-7-21(8-4-19)32-11-13-36-14-12-32;1-15(2)33(31,32)18-10-8-16(9-11-18)20-13-26-23-22(28-20)19(12-25-23)24(30)27-14-21(29)17-6-4-3-5-7-17;1-15(2)32(30,31)19-11-9-18(10-12-19)21-14-26-23-22(28-21)20(13-25-23)24(29)27-16(3)17-7-5-4-6-8-17;1-13(2)33(31,32)17-8-6-14(7-9-17)19-12-26-22-20(28-19)18(11-25-22)23(30)27-16-5-3-4-15(10-16)21(24)29;;;;;;;;;;;;;/h3-10,16-18H,11-15H2,1-2H3,(H,28,29)(H,30,33);3-13,15,21,29H,14H2,1-2H3,(H,25,26)(H,27,30);4-16H,1-3H3,(H,25,26)(H,27,29);3-13H,1-2H3,(H2,24,29)(H,25,26)(H,27,30);13*1H/t;21-;16-;;;;;;;;;;;;;;/m.00............../s1. The van der Waals surface area contributed by atoms with Crippen molar-refractivity contribution in [3.8, 4) is 45.0 Å². The number of anilines is 2. The zero-order valence-electron chi connectivity index (χ0n) is 74.9. The number of sulfone groups is 4. The van der Waals surface area contributed by atoms with Crippen LogP contribution in [0.15, 0.2) is 275 Å². The monoisotopic (exact) mass is 1920 g/mol. The molecule has 0 spiro atoms. The van der Waals surface area contributed by atoms with Crippen molar-refractivity contribution in [1.29, 1.82) is 0 Å². The largest absolute Gasteiger partial charge is 0.387 e. The van der Waals surface area contributed by atoms with Crippen LogP contribution >= 0.6 is 0 Å². The van der Waals surface area contributed by atoms with E-state index in [1.165, 1.54) is 30.6 Å². The minimum absolute atomic E-state index is 0. The van der Waals surface area contributed by atoms with Crippen LogP contribution in [-0.2, 0) is 50.6 Å². The lowest BCUT2D eigenvalue weighted by Crippen LogP contribution is -2.36. The normalized spacial score (nSPS) is 12.9. The molecular formula is C98H124N18O15S4. The van der Waals surface area contributed by atoms with Gasteiger partial charge in [-0.2, -0.15) is 0 Å². The van der Waals surface area contributed by atoms with Gasteiger partial charge in [-0.1, -0.05) is 127 Å². The SMILES string of the molecule is CC(C)S(=O)(=O)c1ccc(-c2cnc3[nH]cc(C(=O)NC[C@H](O)c4ccccc4)c3n2)cc1.CC(C)S(=O)(=O)c1ccc(-c2cnc3[nH]cc(C(=O)NCc4ccc(N5CCOCC5)cc4)c3n2)cc1.CC(C)S(=O)(=O)c1ccc(-c2cnc3[nH]cc(C(=O)N[C@@H](C)c4ccccc4)c3n2)cc1.CC(C)S(=O)(=O)c1ccc(-c2cnc3[nH]cc(C(=O)Nc4cccc(C(N)=O)c4)c3n2)cc1.[HH].[HH].[HH].[HH].[HH].[HH].[HH].[HH].[HH].[HH].[HH].[HH].[HH]. The molecule has 11 N–H and O–H groups in total. The van der Waals surface area contributed by atoms with Crippen LogP contribution in [0.3, 0.4) is 0 Å². The number of aliphatic hydroxyl groups is 1. The number of primary amides is 1. The molecule has 135 heavy (non-hydrogen) atoms. The van der Waals surface area contributed by atoms with Gasteiger partial charge in [0.1, 0.15) is 22.1 Å². The lowest BCUT2D eigenvalue weighted by molar-refractivity contribution is 0.0915. The summed E-state index contributed by atoms with van der Waals surface area (Å²) >= 11 is 0. The number of benzene rings is 8. The minimum Gasteiger partial charge on any atom is -0.387 e. The Labute approximate surface area is 798 Å². The minimum atomic E-state index is -3.38. The Hall–Kier alpha value is -14.9. The lowest BCUT2D eigenvalue weighted by atomic mass is 10.1. The van der Waals surface area contributed by atoms with E-state index in [0.717, 1.165) is 43.1 Å². The van der Waals surface area contributed by atoms with Crippen LogP contribution in [0.1, 0.15) is 161 Å². The van der Waals surface area contributed by atoms with Crippen molar-refractivity contribution >= 4 is 125 Å². The molecule has 1 fully saturated rings. The van der Waals surface area contributed by atoms with Gasteiger partial charge in [-0.3, -0.25) is 24.0 Å². The predicted octanol–water partition coefficient (Wildman–Crippen LogP) is 17.5. The summed E-state index contributed by atoms with van der Waals surface area (Å²) in [7, 11) is -13.5. The quantitative estimate of drug-likeness (QED) is 0.0241. The number of aromatic nitrogens is 12. The van der Waals surface area contributed by atoms with Crippen LogP contribution in [-0.4, -0.2) is 182 Å². The van der Waals surface area contributed by atoms with Gasteiger partial charge in [-0.05, 0) is 158 Å². The van der Waals surface area contributed by atoms with E-state index in [-0.39, 0.29) is 79.6 Å². The fraction of sp³-hybridized carbons (Fsp3) is 0.214. The van der Waals surface area contributed by atoms with E-state index in [1.54, 1.807) is 208 Å². The van der Waals surface area contributed by atoms with Crippen molar-refractivity contribution in [3.63, 3.8) is 0 Å². The molecule has 1 saturated heterocycles. The first-order valence-electron chi connectivity index (χ1n) is 43.1. The number of ether oxygens (including phenoxy) is 1. The smallest absolute Gasteiger partial charge is 0.259 e. The second-order valence-corrected chi connectivity index (χ2v) is 42.7. The highest BCUT2D eigenvalue weighted by molar-refractivity contribution is 7.93. The fourth-order valence-corrected chi connectivity index (χ4v) is 18.5. The molecule has 33 nitrogen and oxygen atoms in total. The molecule has 37 heteroatoms. The number of fused-ring (bicyclic) bond motifs is 4. The van der Waals surface area contributed by atoms with Gasteiger partial charge in [0.25, 0.3) is 23.6 Å². The van der Waals surface area contributed by atoms with E-state index in [9.17, 15) is 62.8 Å². The summed E-state index contributed by atoms with van der Waals surface area (Å²) in [4.78, 5) is 114. The third kappa shape index (κ3) is 22.2. The van der Waals surface area contributed by atoms with Crippen LogP contribution in [0.2, 0.25) is 0 Å². The Morgan fingerprint density at radius 2 is 0.756 bits per heavy atom. The first kappa shape index (κ1) is 96.2. The zero-order valence-corrected chi connectivity index (χ0v) is 78.1. The molecule has 1 aliphatic rings. The van der Waals surface area contributed by atoms with Gasteiger partial charge in [0.2, 0.25) is 5.91 Å². The molecule has 8 aromatic heterocycles. The van der Waals surface area contributed by atoms with Crippen molar-refractivity contribution in [2.75, 3.05) is 43.1 Å². The van der Waals surface area contributed by atoms with Gasteiger partial charge in [-0.25, -0.2) is 73.5 Å². The van der Waals surface area contributed by atoms with Crippen molar-refractivity contribution in [3.05, 3.63) is 300 Å². The van der Waals surface area contributed by atoms with E-state index >= 15 is 0 Å².